The van der Waals surface area contributed by atoms with Crippen LogP contribution in [0.25, 0.3) is 0 Å². The van der Waals surface area contributed by atoms with Crippen LogP contribution in [-0.4, -0.2) is 19.8 Å². The van der Waals surface area contributed by atoms with E-state index in [9.17, 15) is 0 Å². The first-order valence-electron chi connectivity index (χ1n) is 4.78. The summed E-state index contributed by atoms with van der Waals surface area (Å²) in [5.74, 6) is 0. The Morgan fingerprint density at radius 2 is 2.43 bits per heavy atom. The highest BCUT2D eigenvalue weighted by molar-refractivity contribution is 7.10. The van der Waals surface area contributed by atoms with Crippen molar-refractivity contribution >= 4 is 17.0 Å². The summed E-state index contributed by atoms with van der Waals surface area (Å²) >= 11 is 1.70. The van der Waals surface area contributed by atoms with Gasteiger partial charge in [-0.05, 0) is 24.8 Å². The van der Waals surface area contributed by atoms with Gasteiger partial charge in [0.05, 0.1) is 0 Å². The van der Waals surface area contributed by atoms with Crippen molar-refractivity contribution < 1.29 is 4.74 Å². The van der Waals surface area contributed by atoms with Gasteiger partial charge in [-0.25, -0.2) is 0 Å². The summed E-state index contributed by atoms with van der Waals surface area (Å²) < 4.78 is 5.01. The maximum atomic E-state index is 5.77. The van der Waals surface area contributed by atoms with Crippen molar-refractivity contribution in [1.29, 1.82) is 0 Å². The Hall–Kier alpha value is -0.580. The first kappa shape index (κ1) is 11.5. The Morgan fingerprint density at radius 1 is 1.64 bits per heavy atom. The van der Waals surface area contributed by atoms with Gasteiger partial charge in [-0.3, -0.25) is 0 Å². The zero-order chi connectivity index (χ0) is 10.4. The van der Waals surface area contributed by atoms with Gasteiger partial charge < -0.3 is 15.8 Å². The average Bonchev–Trinajstić information content (AvgIpc) is 2.58. The Labute approximate surface area is 89.3 Å². The maximum Gasteiger partial charge on any atom is 0.0476 e. The van der Waals surface area contributed by atoms with E-state index in [0.29, 0.717) is 6.04 Å². The predicted octanol–water partition coefficient (Wildman–Crippen LogP) is 1.84. The van der Waals surface area contributed by atoms with E-state index >= 15 is 0 Å². The Kier molecular flexibility index (Phi) is 4.93. The molecule has 1 rings (SSSR count). The smallest absolute Gasteiger partial charge is 0.0476 e. The van der Waals surface area contributed by atoms with Crippen molar-refractivity contribution in [2.45, 2.75) is 25.9 Å². The van der Waals surface area contributed by atoms with Crippen LogP contribution in [0.3, 0.4) is 0 Å². The van der Waals surface area contributed by atoms with E-state index in [1.807, 2.05) is 11.4 Å². The number of nitrogens with two attached hydrogens (primary N) is 1. The second-order valence-electron chi connectivity index (χ2n) is 3.36. The lowest BCUT2D eigenvalue weighted by atomic mass is 10.2. The molecule has 3 nitrogen and oxygen atoms in total. The Balaban J connectivity index is 2.23. The molecule has 1 atom stereocenters. The number of methoxy groups -OCH3 is 1. The monoisotopic (exact) mass is 214 g/mol. The van der Waals surface area contributed by atoms with E-state index in [2.05, 4.69) is 12.2 Å². The molecule has 0 aliphatic heterocycles. The molecular formula is C10H18N2OS. The molecule has 1 unspecified atom stereocenters. The van der Waals surface area contributed by atoms with Crippen LogP contribution in [0, 0.1) is 0 Å². The molecule has 0 amide bonds. The van der Waals surface area contributed by atoms with Crippen LogP contribution in [0.4, 0.5) is 5.69 Å². The molecule has 0 aromatic carbocycles. The van der Waals surface area contributed by atoms with Crippen molar-refractivity contribution in [3.63, 3.8) is 0 Å². The van der Waals surface area contributed by atoms with E-state index in [4.69, 9.17) is 10.5 Å². The summed E-state index contributed by atoms with van der Waals surface area (Å²) in [6, 6.07) is 2.41. The van der Waals surface area contributed by atoms with Gasteiger partial charge in [0.2, 0.25) is 0 Å². The van der Waals surface area contributed by atoms with E-state index in [1.54, 1.807) is 18.4 Å². The van der Waals surface area contributed by atoms with Crippen molar-refractivity contribution in [3.8, 4) is 0 Å². The minimum absolute atomic E-state index is 0.469. The summed E-state index contributed by atoms with van der Waals surface area (Å²) in [5, 5.41) is 5.43. The average molecular weight is 214 g/mol. The fourth-order valence-corrected chi connectivity index (χ4v) is 1.91. The fourth-order valence-electron chi connectivity index (χ4n) is 1.16. The Morgan fingerprint density at radius 3 is 3.00 bits per heavy atom. The molecule has 1 heterocycles. The van der Waals surface area contributed by atoms with Crippen LogP contribution in [0.2, 0.25) is 0 Å². The van der Waals surface area contributed by atoms with Gasteiger partial charge in [-0.2, -0.15) is 0 Å². The second-order valence-corrected chi connectivity index (χ2v) is 4.36. The molecule has 4 heteroatoms. The van der Waals surface area contributed by atoms with Crippen LogP contribution >= 0.6 is 11.3 Å². The molecule has 0 aliphatic carbocycles. The highest BCUT2D eigenvalue weighted by atomic mass is 32.1. The quantitative estimate of drug-likeness (QED) is 0.759. The van der Waals surface area contributed by atoms with E-state index < -0.39 is 0 Å². The van der Waals surface area contributed by atoms with Gasteiger partial charge in [0.1, 0.15) is 0 Å². The molecule has 0 bridgehead atoms. The highest BCUT2D eigenvalue weighted by Gasteiger charge is 2.03. The topological polar surface area (TPSA) is 47.3 Å². The molecule has 14 heavy (non-hydrogen) atoms. The van der Waals surface area contributed by atoms with E-state index in [1.165, 1.54) is 4.88 Å². The number of hydrogen-bond acceptors (Lipinski definition) is 4. The summed E-state index contributed by atoms with van der Waals surface area (Å²) in [6.07, 6.45) is 1.03. The molecule has 0 spiro atoms. The second kappa shape index (κ2) is 6.01. The van der Waals surface area contributed by atoms with Gasteiger partial charge in [0, 0.05) is 36.9 Å². The number of hydrogen-bond donors (Lipinski definition) is 2. The number of nitrogen functional groups attached to an aromatic ring is 1. The molecule has 0 saturated heterocycles. The molecule has 80 valence electrons. The number of anilines is 1. The van der Waals surface area contributed by atoms with Gasteiger partial charge in [-0.15, -0.1) is 11.3 Å². The first-order valence-corrected chi connectivity index (χ1v) is 5.66. The van der Waals surface area contributed by atoms with Gasteiger partial charge in [0.15, 0.2) is 0 Å². The molecule has 3 N–H and O–H groups in total. The number of thiophene rings is 1. The lowest BCUT2D eigenvalue weighted by molar-refractivity contribution is 0.185. The number of ether oxygens (including phenoxy) is 1. The van der Waals surface area contributed by atoms with Crippen LogP contribution < -0.4 is 11.1 Å². The van der Waals surface area contributed by atoms with Crippen LogP contribution in [0.1, 0.15) is 18.2 Å². The third-order valence-corrected chi connectivity index (χ3v) is 3.08. The first-order chi connectivity index (χ1) is 6.74. The summed E-state index contributed by atoms with van der Waals surface area (Å²) in [4.78, 5) is 1.22. The van der Waals surface area contributed by atoms with Gasteiger partial charge >= 0.3 is 0 Å². The van der Waals surface area contributed by atoms with Crippen molar-refractivity contribution in [2.75, 3.05) is 19.5 Å². The molecule has 0 fully saturated rings. The van der Waals surface area contributed by atoms with E-state index in [0.717, 1.165) is 25.3 Å². The minimum Gasteiger partial charge on any atom is -0.398 e. The summed E-state index contributed by atoms with van der Waals surface area (Å²) in [5.41, 5.74) is 6.66. The third-order valence-electron chi connectivity index (χ3n) is 2.15. The largest absolute Gasteiger partial charge is 0.398 e. The fraction of sp³-hybridized carbons (Fsp3) is 0.600. The molecule has 0 aliphatic rings. The van der Waals surface area contributed by atoms with Crippen molar-refractivity contribution in [3.05, 3.63) is 16.3 Å². The molecule has 1 aromatic heterocycles. The third kappa shape index (κ3) is 3.65. The zero-order valence-electron chi connectivity index (χ0n) is 8.75. The molecule has 0 radical (unpaired) electrons. The van der Waals surface area contributed by atoms with E-state index in [-0.39, 0.29) is 0 Å². The minimum atomic E-state index is 0.469. The highest BCUT2D eigenvalue weighted by Crippen LogP contribution is 2.18. The zero-order valence-corrected chi connectivity index (χ0v) is 9.56. The molecular weight excluding hydrogens is 196 g/mol. The van der Waals surface area contributed by atoms with Crippen LogP contribution in [0.5, 0.6) is 0 Å². The van der Waals surface area contributed by atoms with Crippen LogP contribution in [0.15, 0.2) is 11.4 Å². The molecule has 1 aromatic rings. The summed E-state index contributed by atoms with van der Waals surface area (Å²) in [6.45, 7) is 3.81. The number of rotatable bonds is 6. The lowest BCUT2D eigenvalue weighted by Gasteiger charge is -2.12. The Bertz CT molecular complexity index is 262. The summed E-state index contributed by atoms with van der Waals surface area (Å²) in [7, 11) is 1.73. The number of nitrogens with one attached hydrogen (secondary N) is 1. The van der Waals surface area contributed by atoms with Crippen LogP contribution in [-0.2, 0) is 11.3 Å². The predicted molar refractivity (Wildman–Crippen MR) is 61.5 cm³/mol. The molecule has 0 saturated carbocycles. The van der Waals surface area contributed by atoms with Gasteiger partial charge in [-0.1, -0.05) is 0 Å². The van der Waals surface area contributed by atoms with Gasteiger partial charge in [0.25, 0.3) is 0 Å². The van der Waals surface area contributed by atoms with Crippen molar-refractivity contribution in [1.82, 2.24) is 5.32 Å². The van der Waals surface area contributed by atoms with Crippen molar-refractivity contribution in [2.24, 2.45) is 0 Å². The maximum absolute atomic E-state index is 5.77. The SMILES string of the molecule is COCCC(C)NCc1sccc1N. The lowest BCUT2D eigenvalue weighted by Crippen LogP contribution is -2.26. The standard InChI is InChI=1S/C10H18N2OS/c1-8(3-5-13-2)12-7-10-9(11)4-6-14-10/h4,6,8,12H,3,5,7,11H2,1-2H3. The normalized spacial score (nSPS) is 13.0.